The summed E-state index contributed by atoms with van der Waals surface area (Å²) in [6.07, 6.45) is 7.45. The van der Waals surface area contributed by atoms with E-state index in [1.165, 1.54) is 29.6 Å². The summed E-state index contributed by atoms with van der Waals surface area (Å²) in [5.41, 5.74) is 0.416. The first kappa shape index (κ1) is 24.0. The Morgan fingerprint density at radius 2 is 1.66 bits per heavy atom. The lowest BCUT2D eigenvalue weighted by atomic mass is 10.2. The van der Waals surface area contributed by atoms with Gasteiger partial charge in [0.2, 0.25) is 5.88 Å². The Labute approximate surface area is 207 Å². The van der Waals surface area contributed by atoms with Crippen LogP contribution in [0.2, 0.25) is 0 Å². The second-order valence-corrected chi connectivity index (χ2v) is 7.89. The maximum atomic E-state index is 13.6. The number of para-hydroxylation sites is 4. The molecule has 0 aliphatic carbocycles. The second kappa shape index (κ2) is 10.8. The van der Waals surface area contributed by atoms with E-state index >= 15 is 0 Å². The van der Waals surface area contributed by atoms with Gasteiger partial charge in [-0.05, 0) is 42.9 Å². The number of nitrogens with zero attached hydrogens (tertiary/aromatic N) is 5. The van der Waals surface area contributed by atoms with Crippen LogP contribution >= 0.6 is 12.2 Å². The minimum Gasteiger partial charge on any atom is -0.495 e. The highest BCUT2D eigenvalue weighted by atomic mass is 32.1. The van der Waals surface area contributed by atoms with Crippen molar-refractivity contribution in [3.63, 3.8) is 0 Å². The van der Waals surface area contributed by atoms with Crippen molar-refractivity contribution in [3.8, 4) is 28.8 Å². The third-order valence-corrected chi connectivity index (χ3v) is 5.77. The van der Waals surface area contributed by atoms with Crippen LogP contribution in [0, 0.1) is 4.77 Å². The van der Waals surface area contributed by atoms with E-state index in [2.05, 4.69) is 9.98 Å². The Balaban J connectivity index is 1.86. The van der Waals surface area contributed by atoms with Crippen LogP contribution < -0.4 is 15.0 Å². The van der Waals surface area contributed by atoms with E-state index in [-0.39, 0.29) is 16.2 Å². The summed E-state index contributed by atoms with van der Waals surface area (Å²) in [6.45, 7) is 1.19. The normalized spacial score (nSPS) is 11.1. The molecule has 1 N–H and O–H groups in total. The Hall–Kier alpha value is -4.18. The molecule has 180 valence electrons. The van der Waals surface area contributed by atoms with Crippen molar-refractivity contribution in [2.45, 2.75) is 13.0 Å². The van der Waals surface area contributed by atoms with Gasteiger partial charge in [0, 0.05) is 31.7 Å². The second-order valence-electron chi connectivity index (χ2n) is 7.53. The molecule has 0 atom stereocenters. The van der Waals surface area contributed by atoms with Crippen molar-refractivity contribution in [3.05, 3.63) is 87.9 Å². The van der Waals surface area contributed by atoms with Crippen LogP contribution in [-0.4, -0.2) is 50.8 Å². The van der Waals surface area contributed by atoms with Gasteiger partial charge in [0.15, 0.2) is 4.77 Å². The summed E-state index contributed by atoms with van der Waals surface area (Å²) in [7, 11) is 3.04. The van der Waals surface area contributed by atoms with Gasteiger partial charge in [-0.3, -0.25) is 14.4 Å². The lowest BCUT2D eigenvalue weighted by molar-refractivity contribution is 0.399. The Kier molecular flexibility index (Phi) is 7.41. The number of imidazole rings is 1. The highest BCUT2D eigenvalue weighted by molar-refractivity contribution is 7.71. The van der Waals surface area contributed by atoms with E-state index in [0.29, 0.717) is 29.4 Å². The van der Waals surface area contributed by atoms with E-state index in [9.17, 15) is 9.90 Å². The SMILES string of the molecule is COc1ccccc1-n1c(O)c(C=NCCCn2ccnc2)c(=O)n(-c2ccccc2OC)c1=S. The molecule has 4 rings (SSSR count). The predicted octanol–water partition coefficient (Wildman–Crippen LogP) is 3.79. The molecule has 0 bridgehead atoms. The Morgan fingerprint density at radius 3 is 2.26 bits per heavy atom. The van der Waals surface area contributed by atoms with Crippen LogP contribution in [0.3, 0.4) is 0 Å². The minimum absolute atomic E-state index is 0.00181. The van der Waals surface area contributed by atoms with Crippen LogP contribution in [0.25, 0.3) is 11.4 Å². The van der Waals surface area contributed by atoms with Crippen LogP contribution in [0.15, 0.2) is 77.0 Å². The summed E-state index contributed by atoms with van der Waals surface area (Å²) in [6, 6.07) is 14.1. The molecule has 0 saturated carbocycles. The number of benzene rings is 2. The summed E-state index contributed by atoms with van der Waals surface area (Å²) in [4.78, 5) is 22.0. The first-order valence-corrected chi connectivity index (χ1v) is 11.3. The number of methoxy groups -OCH3 is 2. The van der Waals surface area contributed by atoms with Crippen molar-refractivity contribution < 1.29 is 14.6 Å². The lowest BCUT2D eigenvalue weighted by Gasteiger charge is -2.19. The molecule has 2 aromatic carbocycles. The molecule has 4 aromatic rings. The first-order chi connectivity index (χ1) is 17.1. The van der Waals surface area contributed by atoms with Crippen molar-refractivity contribution >= 4 is 18.4 Å². The zero-order valence-corrected chi connectivity index (χ0v) is 20.2. The van der Waals surface area contributed by atoms with E-state index in [0.717, 1.165) is 13.0 Å². The molecule has 0 fully saturated rings. The van der Waals surface area contributed by atoms with Gasteiger partial charge in [0.25, 0.3) is 5.56 Å². The average molecular weight is 492 g/mol. The number of hydrogen-bond acceptors (Lipinski definition) is 7. The van der Waals surface area contributed by atoms with Gasteiger partial charge in [0.1, 0.15) is 17.1 Å². The molecular weight excluding hydrogens is 466 g/mol. The van der Waals surface area contributed by atoms with Gasteiger partial charge < -0.3 is 19.1 Å². The van der Waals surface area contributed by atoms with E-state index < -0.39 is 5.56 Å². The number of hydrogen-bond donors (Lipinski definition) is 1. The van der Waals surface area contributed by atoms with E-state index in [4.69, 9.17) is 21.7 Å². The topological polar surface area (TPSA) is 95.8 Å². The number of ether oxygens (including phenoxy) is 2. The van der Waals surface area contributed by atoms with Crippen LogP contribution in [0.1, 0.15) is 12.0 Å². The molecule has 10 heteroatoms. The molecule has 35 heavy (non-hydrogen) atoms. The van der Waals surface area contributed by atoms with Gasteiger partial charge in [-0.25, -0.2) is 9.55 Å². The lowest BCUT2D eigenvalue weighted by Crippen LogP contribution is -2.27. The molecule has 0 radical (unpaired) electrons. The maximum Gasteiger partial charge on any atom is 0.271 e. The fourth-order valence-corrected chi connectivity index (χ4v) is 4.07. The van der Waals surface area contributed by atoms with E-state index in [1.807, 2.05) is 16.8 Å². The molecular formula is C25H25N5O4S. The Morgan fingerprint density at radius 1 is 1.03 bits per heavy atom. The number of rotatable bonds is 9. The molecule has 0 spiro atoms. The molecule has 0 amide bonds. The summed E-state index contributed by atoms with van der Waals surface area (Å²) < 4.78 is 15.7. The smallest absolute Gasteiger partial charge is 0.271 e. The van der Waals surface area contributed by atoms with Gasteiger partial charge >= 0.3 is 0 Å². The molecule has 0 unspecified atom stereocenters. The third-order valence-electron chi connectivity index (χ3n) is 5.40. The van der Waals surface area contributed by atoms with Crippen molar-refractivity contribution in [1.82, 2.24) is 18.7 Å². The zero-order valence-electron chi connectivity index (χ0n) is 19.4. The third kappa shape index (κ3) is 4.87. The number of aryl methyl sites for hydroxylation is 1. The molecule has 0 saturated heterocycles. The van der Waals surface area contributed by atoms with E-state index in [1.54, 1.807) is 55.0 Å². The van der Waals surface area contributed by atoms with Gasteiger partial charge in [-0.2, -0.15) is 0 Å². The number of aromatic nitrogens is 4. The van der Waals surface area contributed by atoms with Crippen LogP contribution in [-0.2, 0) is 6.54 Å². The Bertz CT molecular complexity index is 1460. The predicted molar refractivity (Wildman–Crippen MR) is 136 cm³/mol. The van der Waals surface area contributed by atoms with Gasteiger partial charge in [-0.1, -0.05) is 24.3 Å². The fraction of sp³-hybridized carbons (Fsp3) is 0.200. The number of aromatic hydroxyl groups is 1. The minimum atomic E-state index is -0.512. The highest BCUT2D eigenvalue weighted by Crippen LogP contribution is 2.29. The number of aliphatic imine (C=N–C) groups is 1. The molecule has 2 heterocycles. The largest absolute Gasteiger partial charge is 0.495 e. The zero-order chi connectivity index (χ0) is 24.8. The quantitative estimate of drug-likeness (QED) is 0.217. The standard InChI is InChI=1S/C25H25N5O4S/c1-33-21-10-5-3-8-19(21)29-23(31)18(16-26-12-7-14-28-15-13-27-17-28)24(32)30(25(29)35)20-9-4-6-11-22(20)34-2/h3-6,8-11,13,15-17,31H,7,12,14H2,1-2H3. The summed E-state index contributed by atoms with van der Waals surface area (Å²) in [5.74, 6) is 0.613. The van der Waals surface area contributed by atoms with Crippen LogP contribution in [0.5, 0.6) is 17.4 Å². The summed E-state index contributed by atoms with van der Waals surface area (Å²) >= 11 is 5.71. The molecule has 9 nitrogen and oxygen atoms in total. The van der Waals surface area contributed by atoms with Crippen molar-refractivity contribution in [2.24, 2.45) is 4.99 Å². The van der Waals surface area contributed by atoms with Gasteiger partial charge in [0.05, 0.1) is 31.9 Å². The summed E-state index contributed by atoms with van der Waals surface area (Å²) in [5, 5.41) is 11.2. The molecule has 0 aliphatic rings. The van der Waals surface area contributed by atoms with Crippen molar-refractivity contribution in [2.75, 3.05) is 20.8 Å². The molecule has 2 aromatic heterocycles. The van der Waals surface area contributed by atoms with Crippen molar-refractivity contribution in [1.29, 1.82) is 0 Å². The monoisotopic (exact) mass is 491 g/mol. The first-order valence-electron chi connectivity index (χ1n) is 10.9. The fourth-order valence-electron chi connectivity index (χ4n) is 3.70. The highest BCUT2D eigenvalue weighted by Gasteiger charge is 2.21. The van der Waals surface area contributed by atoms with Crippen LogP contribution in [0.4, 0.5) is 0 Å². The molecule has 0 aliphatic heterocycles. The maximum absolute atomic E-state index is 13.6. The average Bonchev–Trinajstić information content (AvgIpc) is 3.40. The van der Waals surface area contributed by atoms with Gasteiger partial charge in [-0.15, -0.1) is 0 Å².